The standard InChI is InChI=1S/C24H20N8O2/c1-3-8-16-11-14-30-19(16)24(34)32(17-9-5-4-6-10-17)21(29-30)15(2)27-23(33)18-20(25)28-31-13-7-12-26-22(18)31/h4-7,9-15H,1-2H3,(H2,25,28)(H,27,33). The molecule has 0 aliphatic heterocycles. The Labute approximate surface area is 193 Å². The fourth-order valence-electron chi connectivity index (χ4n) is 3.88. The summed E-state index contributed by atoms with van der Waals surface area (Å²) < 4.78 is 4.42. The Morgan fingerprint density at radius 2 is 1.88 bits per heavy atom. The number of nitrogen functional groups attached to an aromatic ring is 1. The second-order valence-electron chi connectivity index (χ2n) is 7.58. The van der Waals surface area contributed by atoms with Crippen LogP contribution in [0.4, 0.5) is 5.82 Å². The first kappa shape index (κ1) is 21.0. The number of nitrogens with zero attached hydrogens (tertiary/aromatic N) is 6. The van der Waals surface area contributed by atoms with Crippen LogP contribution < -0.4 is 16.6 Å². The van der Waals surface area contributed by atoms with E-state index in [9.17, 15) is 9.59 Å². The van der Waals surface area contributed by atoms with Gasteiger partial charge in [-0.1, -0.05) is 24.1 Å². The number of carbonyl (C=O) groups is 1. The molecular formula is C24H20N8O2. The molecule has 0 aliphatic carbocycles. The van der Waals surface area contributed by atoms with Crippen molar-refractivity contribution in [3.63, 3.8) is 0 Å². The molecule has 10 heteroatoms. The SMILES string of the molecule is CC#Cc1ccn2nc(C(C)NC(=O)c3c(N)nn4cccnc34)n(-c3ccccc3)c(=O)c12. The zero-order valence-electron chi connectivity index (χ0n) is 18.4. The Kier molecular flexibility index (Phi) is 5.07. The van der Waals surface area contributed by atoms with Crippen LogP contribution in [-0.2, 0) is 0 Å². The first-order valence-electron chi connectivity index (χ1n) is 10.5. The fraction of sp³-hybridized carbons (Fsp3) is 0.125. The highest BCUT2D eigenvalue weighted by molar-refractivity contribution is 6.04. The van der Waals surface area contributed by atoms with Gasteiger partial charge in [0.05, 0.1) is 17.3 Å². The minimum Gasteiger partial charge on any atom is -0.381 e. The predicted molar refractivity (Wildman–Crippen MR) is 127 cm³/mol. The molecular weight excluding hydrogens is 432 g/mol. The monoisotopic (exact) mass is 452 g/mol. The van der Waals surface area contributed by atoms with Gasteiger partial charge in [0.2, 0.25) is 0 Å². The molecule has 34 heavy (non-hydrogen) atoms. The average molecular weight is 452 g/mol. The number of nitrogens with two attached hydrogens (primary N) is 1. The Morgan fingerprint density at radius 1 is 1.09 bits per heavy atom. The lowest BCUT2D eigenvalue weighted by Gasteiger charge is -2.19. The molecule has 5 aromatic rings. The molecule has 0 aliphatic rings. The van der Waals surface area contributed by atoms with E-state index in [1.807, 2.05) is 18.2 Å². The minimum atomic E-state index is -0.661. The van der Waals surface area contributed by atoms with Gasteiger partial charge in [0.25, 0.3) is 11.5 Å². The number of rotatable bonds is 4. The van der Waals surface area contributed by atoms with E-state index in [1.54, 1.807) is 56.7 Å². The average Bonchev–Trinajstić information content (AvgIpc) is 3.39. The van der Waals surface area contributed by atoms with Crippen molar-refractivity contribution >= 4 is 22.9 Å². The maximum Gasteiger partial charge on any atom is 0.283 e. The zero-order valence-corrected chi connectivity index (χ0v) is 18.4. The molecule has 0 bridgehead atoms. The Hall–Kier alpha value is -4.91. The van der Waals surface area contributed by atoms with Crippen LogP contribution >= 0.6 is 0 Å². The van der Waals surface area contributed by atoms with Crippen LogP contribution in [0.3, 0.4) is 0 Å². The molecule has 1 unspecified atom stereocenters. The van der Waals surface area contributed by atoms with Crippen molar-refractivity contribution in [1.82, 2.24) is 34.1 Å². The smallest absolute Gasteiger partial charge is 0.283 e. The number of aromatic nitrogens is 6. The van der Waals surface area contributed by atoms with Gasteiger partial charge in [-0.2, -0.15) is 5.10 Å². The number of carbonyl (C=O) groups excluding carboxylic acids is 1. The van der Waals surface area contributed by atoms with Crippen LogP contribution in [0.1, 0.15) is 41.6 Å². The topological polar surface area (TPSA) is 125 Å². The quantitative estimate of drug-likeness (QED) is 0.402. The lowest BCUT2D eigenvalue weighted by molar-refractivity contribution is 0.0940. The molecule has 0 radical (unpaired) electrons. The van der Waals surface area contributed by atoms with Gasteiger partial charge in [-0.05, 0) is 38.1 Å². The molecule has 0 spiro atoms. The second-order valence-corrected chi connectivity index (χ2v) is 7.58. The molecule has 10 nitrogen and oxygen atoms in total. The van der Waals surface area contributed by atoms with Gasteiger partial charge in [0, 0.05) is 18.6 Å². The molecule has 4 heterocycles. The van der Waals surface area contributed by atoms with Gasteiger partial charge in [-0.3, -0.25) is 14.2 Å². The highest BCUT2D eigenvalue weighted by atomic mass is 16.2. The van der Waals surface area contributed by atoms with Crippen molar-refractivity contribution in [2.45, 2.75) is 19.9 Å². The Balaban J connectivity index is 1.64. The largest absolute Gasteiger partial charge is 0.381 e. The minimum absolute atomic E-state index is 0.0560. The number of anilines is 1. The summed E-state index contributed by atoms with van der Waals surface area (Å²) in [6.45, 7) is 3.45. The van der Waals surface area contributed by atoms with Crippen molar-refractivity contribution in [2.24, 2.45) is 0 Å². The second kappa shape index (κ2) is 8.22. The number of hydrogen-bond donors (Lipinski definition) is 2. The summed E-state index contributed by atoms with van der Waals surface area (Å²) in [5, 5.41) is 11.7. The molecule has 1 atom stereocenters. The van der Waals surface area contributed by atoms with Crippen molar-refractivity contribution in [3.05, 3.63) is 88.4 Å². The first-order chi connectivity index (χ1) is 16.5. The first-order valence-corrected chi connectivity index (χ1v) is 10.5. The molecule has 168 valence electrons. The summed E-state index contributed by atoms with van der Waals surface area (Å²) in [6, 6.07) is 11.9. The maximum atomic E-state index is 13.6. The molecule has 0 fully saturated rings. The maximum absolute atomic E-state index is 13.6. The molecule has 3 N–H and O–H groups in total. The number of nitrogens with one attached hydrogen (secondary N) is 1. The Morgan fingerprint density at radius 3 is 2.65 bits per heavy atom. The zero-order chi connectivity index (χ0) is 23.8. The van der Waals surface area contributed by atoms with Gasteiger partial charge >= 0.3 is 0 Å². The third kappa shape index (κ3) is 3.36. The van der Waals surface area contributed by atoms with Gasteiger partial charge in [0.15, 0.2) is 17.3 Å². The fourth-order valence-corrected chi connectivity index (χ4v) is 3.88. The van der Waals surface area contributed by atoms with E-state index < -0.39 is 11.9 Å². The van der Waals surface area contributed by atoms with Gasteiger partial charge in [0.1, 0.15) is 11.1 Å². The van der Waals surface area contributed by atoms with Crippen molar-refractivity contribution in [2.75, 3.05) is 5.73 Å². The van der Waals surface area contributed by atoms with Crippen molar-refractivity contribution in [1.29, 1.82) is 0 Å². The number of fused-ring (bicyclic) bond motifs is 2. The van der Waals surface area contributed by atoms with Crippen LogP contribution in [-0.4, -0.2) is 34.7 Å². The number of para-hydroxylation sites is 1. The summed E-state index contributed by atoms with van der Waals surface area (Å²) in [4.78, 5) is 31.0. The van der Waals surface area contributed by atoms with Crippen LogP contribution in [0.15, 0.2) is 65.8 Å². The van der Waals surface area contributed by atoms with Crippen LogP contribution in [0, 0.1) is 11.8 Å². The molecule has 5 rings (SSSR count). The third-order valence-corrected chi connectivity index (χ3v) is 5.37. The van der Waals surface area contributed by atoms with Gasteiger partial charge in [-0.25, -0.2) is 14.0 Å². The van der Waals surface area contributed by atoms with Crippen molar-refractivity contribution in [3.8, 4) is 17.5 Å². The summed E-state index contributed by atoms with van der Waals surface area (Å²) in [7, 11) is 0. The van der Waals surface area contributed by atoms with E-state index in [0.717, 1.165) is 0 Å². The van der Waals surface area contributed by atoms with Gasteiger partial charge in [-0.15, -0.1) is 11.0 Å². The lowest BCUT2D eigenvalue weighted by Crippen LogP contribution is -2.34. The van der Waals surface area contributed by atoms with E-state index in [1.165, 1.54) is 13.6 Å². The molecule has 0 saturated heterocycles. The number of benzene rings is 1. The van der Waals surface area contributed by atoms with E-state index in [0.29, 0.717) is 28.2 Å². The highest BCUT2D eigenvalue weighted by Crippen LogP contribution is 2.20. The molecule has 1 amide bonds. The molecule has 1 aromatic carbocycles. The Bertz CT molecular complexity index is 1670. The van der Waals surface area contributed by atoms with Gasteiger partial charge < -0.3 is 11.1 Å². The summed E-state index contributed by atoms with van der Waals surface area (Å²) >= 11 is 0. The number of hydrogen-bond acceptors (Lipinski definition) is 6. The van der Waals surface area contributed by atoms with E-state index in [4.69, 9.17) is 5.73 Å². The summed E-state index contributed by atoms with van der Waals surface area (Å²) in [5.74, 6) is 5.70. The third-order valence-electron chi connectivity index (χ3n) is 5.37. The number of amides is 1. The van der Waals surface area contributed by atoms with E-state index >= 15 is 0 Å². The summed E-state index contributed by atoms with van der Waals surface area (Å²) in [6.07, 6.45) is 4.89. The van der Waals surface area contributed by atoms with Crippen LogP contribution in [0.5, 0.6) is 0 Å². The van der Waals surface area contributed by atoms with E-state index in [-0.39, 0.29) is 16.9 Å². The predicted octanol–water partition coefficient (Wildman–Crippen LogP) is 1.97. The highest BCUT2D eigenvalue weighted by Gasteiger charge is 2.25. The van der Waals surface area contributed by atoms with E-state index in [2.05, 4.69) is 32.3 Å². The van der Waals surface area contributed by atoms with Crippen LogP contribution in [0.25, 0.3) is 16.9 Å². The molecule has 4 aromatic heterocycles. The lowest BCUT2D eigenvalue weighted by atomic mass is 10.2. The van der Waals surface area contributed by atoms with Crippen molar-refractivity contribution < 1.29 is 4.79 Å². The summed E-state index contributed by atoms with van der Waals surface area (Å²) in [5.41, 5.74) is 7.75. The normalized spacial score (nSPS) is 11.8. The van der Waals surface area contributed by atoms with Crippen LogP contribution in [0.2, 0.25) is 0 Å². The molecule has 0 saturated carbocycles.